The van der Waals surface area contributed by atoms with Crippen molar-refractivity contribution >= 4 is 22.6 Å². The van der Waals surface area contributed by atoms with Crippen molar-refractivity contribution in [1.29, 1.82) is 0 Å². The molecule has 0 atom stereocenters. The number of carboxylic acids is 1. The Morgan fingerprint density at radius 2 is 2.21 bits per heavy atom. The molecule has 2 aromatic rings. The Morgan fingerprint density at radius 1 is 1.47 bits per heavy atom. The molecule has 0 unspecified atom stereocenters. The van der Waals surface area contributed by atoms with E-state index in [0.717, 1.165) is 0 Å². The largest absolute Gasteiger partial charge is 0.487 e. The number of aromatic carboxylic acids is 1. The first kappa shape index (κ1) is 12.7. The van der Waals surface area contributed by atoms with Gasteiger partial charge in [0.2, 0.25) is 0 Å². The lowest BCUT2D eigenvalue weighted by molar-refractivity contribution is -0.384. The van der Waals surface area contributed by atoms with Gasteiger partial charge in [-0.05, 0) is 25.1 Å². The fourth-order valence-corrected chi connectivity index (χ4v) is 1.84. The maximum absolute atomic E-state index is 11.2. The van der Waals surface area contributed by atoms with Gasteiger partial charge in [0.05, 0.1) is 28.0 Å². The van der Waals surface area contributed by atoms with Crippen molar-refractivity contribution in [2.75, 3.05) is 6.61 Å². The van der Waals surface area contributed by atoms with Crippen LogP contribution in [0.15, 0.2) is 24.4 Å². The first-order chi connectivity index (χ1) is 9.06. The minimum atomic E-state index is -1.25. The highest BCUT2D eigenvalue weighted by molar-refractivity contribution is 6.07. The van der Waals surface area contributed by atoms with Crippen LogP contribution in [0.3, 0.4) is 0 Å². The Morgan fingerprint density at radius 3 is 2.79 bits per heavy atom. The summed E-state index contributed by atoms with van der Waals surface area (Å²) in [6.45, 7) is 1.93. The summed E-state index contributed by atoms with van der Waals surface area (Å²) in [6, 6.07) is 4.15. The van der Waals surface area contributed by atoms with Crippen LogP contribution in [-0.4, -0.2) is 27.6 Å². The molecule has 0 saturated heterocycles. The van der Waals surface area contributed by atoms with Gasteiger partial charge in [-0.3, -0.25) is 15.1 Å². The van der Waals surface area contributed by atoms with Crippen LogP contribution in [-0.2, 0) is 0 Å². The Bertz CT molecular complexity index is 668. The predicted octanol–water partition coefficient (Wildman–Crippen LogP) is 2.24. The standard InChI is InChI=1S/C12H10N2O5/c1-2-19-9-4-3-8-10(11(9)14(17)18)7(12(15)16)5-6-13-8/h3-6H,2H2,1H3,(H,15,16). The van der Waals surface area contributed by atoms with Crippen LogP contribution in [0, 0.1) is 10.1 Å². The summed E-state index contributed by atoms with van der Waals surface area (Å²) in [5, 5.41) is 20.3. The molecule has 0 aliphatic heterocycles. The molecule has 0 fully saturated rings. The zero-order chi connectivity index (χ0) is 14.0. The van der Waals surface area contributed by atoms with E-state index in [0.29, 0.717) is 0 Å². The number of hydrogen-bond donors (Lipinski definition) is 1. The smallest absolute Gasteiger partial charge is 0.336 e. The quantitative estimate of drug-likeness (QED) is 0.669. The summed E-state index contributed by atoms with van der Waals surface area (Å²) in [5.41, 5.74) is -0.293. The molecule has 98 valence electrons. The maximum Gasteiger partial charge on any atom is 0.336 e. The Kier molecular flexibility index (Phi) is 3.28. The van der Waals surface area contributed by atoms with Crippen LogP contribution >= 0.6 is 0 Å². The summed E-state index contributed by atoms with van der Waals surface area (Å²) in [6.07, 6.45) is 1.30. The summed E-state index contributed by atoms with van der Waals surface area (Å²) >= 11 is 0. The van der Waals surface area contributed by atoms with E-state index in [1.165, 1.54) is 24.4 Å². The van der Waals surface area contributed by atoms with Crippen LogP contribution < -0.4 is 4.74 Å². The number of carboxylic acid groups (broad SMARTS) is 1. The molecule has 0 saturated carbocycles. The van der Waals surface area contributed by atoms with E-state index in [-0.39, 0.29) is 34.5 Å². The molecule has 2 rings (SSSR count). The second-order valence-corrected chi connectivity index (χ2v) is 3.66. The van der Waals surface area contributed by atoms with Crippen LogP contribution in [0.4, 0.5) is 5.69 Å². The highest BCUT2D eigenvalue weighted by Crippen LogP contribution is 2.36. The van der Waals surface area contributed by atoms with Gasteiger partial charge in [-0.2, -0.15) is 0 Å². The molecule has 19 heavy (non-hydrogen) atoms. The minimum Gasteiger partial charge on any atom is -0.487 e. The predicted molar refractivity (Wildman–Crippen MR) is 66.5 cm³/mol. The van der Waals surface area contributed by atoms with Crippen LogP contribution in [0.2, 0.25) is 0 Å². The van der Waals surface area contributed by atoms with E-state index < -0.39 is 10.9 Å². The normalized spacial score (nSPS) is 10.4. The minimum absolute atomic E-state index is 0.0223. The van der Waals surface area contributed by atoms with Crippen molar-refractivity contribution in [1.82, 2.24) is 4.98 Å². The molecule has 1 heterocycles. The second-order valence-electron chi connectivity index (χ2n) is 3.66. The lowest BCUT2D eigenvalue weighted by atomic mass is 10.1. The fraction of sp³-hybridized carbons (Fsp3) is 0.167. The summed E-state index contributed by atoms with van der Waals surface area (Å²) in [7, 11) is 0. The van der Waals surface area contributed by atoms with Crippen LogP contribution in [0.25, 0.3) is 10.9 Å². The zero-order valence-electron chi connectivity index (χ0n) is 9.99. The van der Waals surface area contributed by atoms with E-state index in [1.807, 2.05) is 0 Å². The van der Waals surface area contributed by atoms with E-state index in [4.69, 9.17) is 9.84 Å². The molecular formula is C12H10N2O5. The average Bonchev–Trinajstić information content (AvgIpc) is 2.37. The Hall–Kier alpha value is -2.70. The lowest BCUT2D eigenvalue weighted by Gasteiger charge is -2.08. The Balaban J connectivity index is 2.89. The van der Waals surface area contributed by atoms with E-state index >= 15 is 0 Å². The Labute approximate surface area is 107 Å². The monoisotopic (exact) mass is 262 g/mol. The summed E-state index contributed by atoms with van der Waals surface area (Å²) in [4.78, 5) is 25.7. The molecule has 0 bridgehead atoms. The van der Waals surface area contributed by atoms with Gasteiger partial charge in [-0.15, -0.1) is 0 Å². The average molecular weight is 262 g/mol. The zero-order valence-corrected chi connectivity index (χ0v) is 9.99. The molecule has 0 amide bonds. The third kappa shape index (κ3) is 2.17. The topological polar surface area (TPSA) is 103 Å². The van der Waals surface area contributed by atoms with Crippen LogP contribution in [0.1, 0.15) is 17.3 Å². The van der Waals surface area contributed by atoms with Crippen molar-refractivity contribution in [3.8, 4) is 5.75 Å². The number of ether oxygens (including phenoxy) is 1. The summed E-state index contributed by atoms with van der Waals surface area (Å²) < 4.78 is 5.18. The van der Waals surface area contributed by atoms with Gasteiger partial charge in [0.1, 0.15) is 0 Å². The number of nitro groups is 1. The molecule has 7 heteroatoms. The number of fused-ring (bicyclic) bond motifs is 1. The molecule has 0 aliphatic carbocycles. The molecule has 0 spiro atoms. The first-order valence-electron chi connectivity index (χ1n) is 5.48. The molecule has 0 aliphatic rings. The van der Waals surface area contributed by atoms with E-state index in [1.54, 1.807) is 6.92 Å². The van der Waals surface area contributed by atoms with Gasteiger partial charge in [0.15, 0.2) is 5.75 Å². The number of carbonyl (C=O) groups is 1. The third-order valence-corrected chi connectivity index (χ3v) is 2.56. The SMILES string of the molecule is CCOc1ccc2nccc(C(=O)O)c2c1[N+](=O)[O-]. The number of aromatic nitrogens is 1. The second kappa shape index (κ2) is 4.89. The summed E-state index contributed by atoms with van der Waals surface area (Å²) in [5.74, 6) is -1.21. The molecule has 1 aromatic carbocycles. The number of benzene rings is 1. The highest BCUT2D eigenvalue weighted by Gasteiger charge is 2.25. The van der Waals surface area contributed by atoms with Crippen molar-refractivity contribution in [2.24, 2.45) is 0 Å². The lowest BCUT2D eigenvalue weighted by Crippen LogP contribution is -2.03. The molecule has 7 nitrogen and oxygen atoms in total. The van der Waals surface area contributed by atoms with Crippen LogP contribution in [0.5, 0.6) is 5.75 Å². The first-order valence-corrected chi connectivity index (χ1v) is 5.48. The third-order valence-electron chi connectivity index (χ3n) is 2.56. The van der Waals surface area contributed by atoms with Gasteiger partial charge >= 0.3 is 11.7 Å². The number of nitrogens with zero attached hydrogens (tertiary/aromatic N) is 2. The van der Waals surface area contributed by atoms with Gasteiger partial charge < -0.3 is 9.84 Å². The molecule has 0 radical (unpaired) electrons. The molecule has 1 N–H and O–H groups in total. The van der Waals surface area contributed by atoms with Crippen molar-refractivity contribution in [3.63, 3.8) is 0 Å². The van der Waals surface area contributed by atoms with Gasteiger partial charge in [0, 0.05) is 6.20 Å². The van der Waals surface area contributed by atoms with Gasteiger partial charge in [-0.1, -0.05) is 0 Å². The van der Waals surface area contributed by atoms with E-state index in [9.17, 15) is 14.9 Å². The molecule has 1 aromatic heterocycles. The molecular weight excluding hydrogens is 252 g/mol. The number of pyridine rings is 1. The number of hydrogen-bond acceptors (Lipinski definition) is 5. The fourth-order valence-electron chi connectivity index (χ4n) is 1.84. The number of nitro benzene ring substituents is 1. The number of rotatable bonds is 4. The van der Waals surface area contributed by atoms with Crippen molar-refractivity contribution in [2.45, 2.75) is 6.92 Å². The maximum atomic E-state index is 11.2. The van der Waals surface area contributed by atoms with E-state index in [2.05, 4.69) is 4.98 Å². The van der Waals surface area contributed by atoms with Gasteiger partial charge in [0.25, 0.3) is 0 Å². The van der Waals surface area contributed by atoms with Crippen molar-refractivity contribution < 1.29 is 19.6 Å². The highest BCUT2D eigenvalue weighted by atomic mass is 16.6. The van der Waals surface area contributed by atoms with Crippen molar-refractivity contribution in [3.05, 3.63) is 40.1 Å². The van der Waals surface area contributed by atoms with Gasteiger partial charge in [-0.25, -0.2) is 4.79 Å².